The van der Waals surface area contributed by atoms with Gasteiger partial charge in [0.05, 0.1) is 5.54 Å². The van der Waals surface area contributed by atoms with Gasteiger partial charge in [0.15, 0.2) is 5.66 Å². The molecule has 0 radical (unpaired) electrons. The van der Waals surface area contributed by atoms with Crippen molar-refractivity contribution in [3.8, 4) is 0 Å². The minimum absolute atomic E-state index is 0.288. The van der Waals surface area contributed by atoms with E-state index in [0.29, 0.717) is 18.8 Å². The summed E-state index contributed by atoms with van der Waals surface area (Å²) in [5.41, 5.74) is -1.78. The molecule has 1 atom stereocenters. The Morgan fingerprint density at radius 1 is 0.818 bits per heavy atom. The van der Waals surface area contributed by atoms with Gasteiger partial charge in [-0.1, -0.05) is 32.1 Å². The number of isocyanates is 3. The second-order valence-electron chi connectivity index (χ2n) is 6.55. The van der Waals surface area contributed by atoms with Crippen LogP contribution in [0, 0.1) is 5.92 Å². The zero-order valence-corrected chi connectivity index (χ0v) is 12.7. The monoisotopic (exact) mass is 303 g/mol. The summed E-state index contributed by atoms with van der Waals surface area (Å²) in [6, 6.07) is 0. The molecule has 2 aliphatic carbocycles. The third-order valence-corrected chi connectivity index (χ3v) is 5.02. The Bertz CT molecular complexity index is 519. The molecule has 0 spiro atoms. The topological polar surface area (TPSA) is 88.3 Å². The van der Waals surface area contributed by atoms with Gasteiger partial charge in [0.25, 0.3) is 0 Å². The Balaban J connectivity index is 2.26. The van der Waals surface area contributed by atoms with Gasteiger partial charge in [-0.25, -0.2) is 14.4 Å². The maximum Gasteiger partial charge on any atom is 0.237 e. The van der Waals surface area contributed by atoms with E-state index in [0.717, 1.165) is 25.7 Å². The SMILES string of the molecule is O=C=NC1(CC2CCCCC2)CCCC(N=C=O)(N=C=O)C1. The first kappa shape index (κ1) is 16.5. The second-order valence-corrected chi connectivity index (χ2v) is 6.55. The maximum absolute atomic E-state index is 10.9. The summed E-state index contributed by atoms with van der Waals surface area (Å²) in [7, 11) is 0. The molecule has 0 aromatic heterocycles. The van der Waals surface area contributed by atoms with E-state index < -0.39 is 11.2 Å². The first-order valence-corrected chi connectivity index (χ1v) is 7.95. The summed E-state index contributed by atoms with van der Waals surface area (Å²) in [6.07, 6.45) is 13.6. The lowest BCUT2D eigenvalue weighted by molar-refractivity contribution is 0.155. The van der Waals surface area contributed by atoms with Crippen molar-refractivity contribution in [3.05, 3.63) is 0 Å². The number of aliphatic imine (C=N–C) groups is 3. The molecule has 0 amide bonds. The van der Waals surface area contributed by atoms with Crippen LogP contribution in [-0.4, -0.2) is 29.4 Å². The van der Waals surface area contributed by atoms with Gasteiger partial charge in [-0.05, 0) is 31.6 Å². The molecule has 0 saturated heterocycles. The van der Waals surface area contributed by atoms with Gasteiger partial charge in [0, 0.05) is 6.42 Å². The van der Waals surface area contributed by atoms with Crippen LogP contribution >= 0.6 is 0 Å². The number of rotatable bonds is 5. The number of hydrogen-bond acceptors (Lipinski definition) is 6. The van der Waals surface area contributed by atoms with E-state index in [1.807, 2.05) is 0 Å². The molecule has 1 unspecified atom stereocenters. The average molecular weight is 303 g/mol. The number of hydrogen-bond donors (Lipinski definition) is 0. The van der Waals surface area contributed by atoms with Crippen molar-refractivity contribution in [2.24, 2.45) is 20.9 Å². The molecule has 0 heterocycles. The summed E-state index contributed by atoms with van der Waals surface area (Å²) in [5, 5.41) is 0. The lowest BCUT2D eigenvalue weighted by Crippen LogP contribution is -2.43. The highest BCUT2D eigenvalue weighted by Crippen LogP contribution is 2.45. The lowest BCUT2D eigenvalue weighted by atomic mass is 9.69. The van der Waals surface area contributed by atoms with Gasteiger partial charge < -0.3 is 0 Å². The van der Waals surface area contributed by atoms with Crippen molar-refractivity contribution in [2.45, 2.75) is 75.4 Å². The van der Waals surface area contributed by atoms with E-state index in [4.69, 9.17) is 0 Å². The highest BCUT2D eigenvalue weighted by molar-refractivity contribution is 5.40. The molecule has 2 fully saturated rings. The van der Waals surface area contributed by atoms with Crippen LogP contribution in [0.1, 0.15) is 64.2 Å². The van der Waals surface area contributed by atoms with Gasteiger partial charge in [-0.2, -0.15) is 15.0 Å². The van der Waals surface area contributed by atoms with Crippen LogP contribution in [0.2, 0.25) is 0 Å². The zero-order chi connectivity index (χ0) is 15.9. The molecule has 0 aromatic carbocycles. The third kappa shape index (κ3) is 3.86. The smallest absolute Gasteiger partial charge is 0.211 e. The van der Waals surface area contributed by atoms with Crippen molar-refractivity contribution in [3.63, 3.8) is 0 Å². The third-order valence-electron chi connectivity index (χ3n) is 5.02. The molecule has 0 aliphatic heterocycles. The maximum atomic E-state index is 10.9. The Labute approximate surface area is 129 Å². The predicted molar refractivity (Wildman–Crippen MR) is 79.5 cm³/mol. The molecule has 6 nitrogen and oxygen atoms in total. The minimum atomic E-state index is -1.16. The molecular formula is C16H21N3O3. The Kier molecular flexibility index (Phi) is 5.57. The van der Waals surface area contributed by atoms with E-state index in [9.17, 15) is 14.4 Å². The predicted octanol–water partition coefficient (Wildman–Crippen LogP) is 2.97. The van der Waals surface area contributed by atoms with Gasteiger partial charge >= 0.3 is 0 Å². The van der Waals surface area contributed by atoms with E-state index >= 15 is 0 Å². The van der Waals surface area contributed by atoms with Crippen LogP contribution in [0.4, 0.5) is 0 Å². The van der Waals surface area contributed by atoms with Gasteiger partial charge in [0.1, 0.15) is 0 Å². The van der Waals surface area contributed by atoms with Crippen LogP contribution in [0.15, 0.2) is 15.0 Å². The van der Waals surface area contributed by atoms with Crippen molar-refractivity contribution in [2.75, 3.05) is 0 Å². The zero-order valence-electron chi connectivity index (χ0n) is 12.7. The largest absolute Gasteiger partial charge is 0.237 e. The van der Waals surface area contributed by atoms with Crippen LogP contribution in [0.5, 0.6) is 0 Å². The van der Waals surface area contributed by atoms with Crippen LogP contribution in [0.25, 0.3) is 0 Å². The fraction of sp³-hybridized carbons (Fsp3) is 0.812. The standard InChI is InChI=1S/C16H21N3O3/c20-11-17-15(9-14-5-2-1-3-6-14)7-4-8-16(10-15,18-12-21)19-13-22/h14H,1-10H2. The molecule has 6 heteroatoms. The Morgan fingerprint density at radius 2 is 1.45 bits per heavy atom. The molecule has 2 saturated carbocycles. The minimum Gasteiger partial charge on any atom is -0.211 e. The summed E-state index contributed by atoms with van der Waals surface area (Å²) in [5.74, 6) is 0.516. The van der Waals surface area contributed by atoms with Gasteiger partial charge in [0.2, 0.25) is 18.2 Å². The molecule has 2 rings (SSSR count). The van der Waals surface area contributed by atoms with E-state index in [1.54, 1.807) is 6.08 Å². The Morgan fingerprint density at radius 3 is 2.05 bits per heavy atom. The van der Waals surface area contributed by atoms with E-state index in [1.165, 1.54) is 31.4 Å². The highest BCUT2D eigenvalue weighted by atomic mass is 16.1. The second kappa shape index (κ2) is 7.42. The first-order chi connectivity index (χ1) is 10.7. The first-order valence-electron chi connectivity index (χ1n) is 7.95. The fourth-order valence-corrected chi connectivity index (χ4v) is 4.13. The van der Waals surface area contributed by atoms with Crippen molar-refractivity contribution in [1.29, 1.82) is 0 Å². The van der Waals surface area contributed by atoms with E-state index in [-0.39, 0.29) is 6.42 Å². The summed E-state index contributed by atoms with van der Waals surface area (Å²) in [6.45, 7) is 0. The van der Waals surface area contributed by atoms with Crippen molar-refractivity contribution in [1.82, 2.24) is 0 Å². The quantitative estimate of drug-likeness (QED) is 0.577. The molecule has 0 aromatic rings. The van der Waals surface area contributed by atoms with Gasteiger partial charge in [-0.15, -0.1) is 0 Å². The lowest BCUT2D eigenvalue weighted by Gasteiger charge is -2.41. The van der Waals surface area contributed by atoms with Gasteiger partial charge in [-0.3, -0.25) is 0 Å². The summed E-state index contributed by atoms with van der Waals surface area (Å²) >= 11 is 0. The average Bonchev–Trinajstić information content (AvgIpc) is 2.49. The highest BCUT2D eigenvalue weighted by Gasteiger charge is 2.46. The summed E-state index contributed by atoms with van der Waals surface area (Å²) < 4.78 is 0. The molecule has 118 valence electrons. The normalized spacial score (nSPS) is 32.2. The Hall–Kier alpha value is -1.86. The van der Waals surface area contributed by atoms with Crippen LogP contribution in [0.3, 0.4) is 0 Å². The molecular weight excluding hydrogens is 282 g/mol. The number of nitrogens with zero attached hydrogens (tertiary/aromatic N) is 3. The fourth-order valence-electron chi connectivity index (χ4n) is 4.13. The van der Waals surface area contributed by atoms with Crippen molar-refractivity contribution < 1.29 is 14.4 Å². The molecule has 0 N–H and O–H groups in total. The van der Waals surface area contributed by atoms with Crippen LogP contribution in [-0.2, 0) is 14.4 Å². The van der Waals surface area contributed by atoms with Crippen molar-refractivity contribution >= 4 is 18.2 Å². The summed E-state index contributed by atoms with van der Waals surface area (Å²) in [4.78, 5) is 44.0. The number of carbonyl (C=O) groups excluding carboxylic acids is 3. The molecule has 2 aliphatic rings. The molecule has 22 heavy (non-hydrogen) atoms. The van der Waals surface area contributed by atoms with E-state index in [2.05, 4.69) is 15.0 Å². The molecule has 0 bridgehead atoms. The van der Waals surface area contributed by atoms with Crippen LogP contribution < -0.4 is 0 Å².